The van der Waals surface area contributed by atoms with Crippen LogP contribution in [0.3, 0.4) is 0 Å². The Balaban J connectivity index is 2.62. The van der Waals surface area contributed by atoms with E-state index in [9.17, 15) is 8.42 Å². The van der Waals surface area contributed by atoms with Crippen molar-refractivity contribution in [1.29, 1.82) is 0 Å². The number of nitrogens with two attached hydrogens (primary N) is 1. The molecule has 0 aromatic rings. The molecule has 0 amide bonds. The van der Waals surface area contributed by atoms with Crippen molar-refractivity contribution in [2.75, 3.05) is 26.8 Å². The molecule has 7 heteroatoms. The second-order valence-corrected chi connectivity index (χ2v) is 7.11. The zero-order valence-electron chi connectivity index (χ0n) is 10.3. The van der Waals surface area contributed by atoms with Crippen molar-refractivity contribution >= 4 is 27.2 Å². The summed E-state index contributed by atoms with van der Waals surface area (Å²) in [6.07, 6.45) is 1.66. The van der Waals surface area contributed by atoms with Crippen LogP contribution in [0, 0.1) is 5.92 Å². The van der Waals surface area contributed by atoms with Crippen LogP contribution < -0.4 is 5.73 Å². The van der Waals surface area contributed by atoms with E-state index in [-0.39, 0.29) is 4.99 Å². The fourth-order valence-corrected chi connectivity index (χ4v) is 3.76. The Kier molecular flexibility index (Phi) is 5.30. The van der Waals surface area contributed by atoms with Gasteiger partial charge in [-0.3, -0.25) is 0 Å². The summed E-state index contributed by atoms with van der Waals surface area (Å²) in [5, 5.41) is -0.781. The lowest BCUT2D eigenvalue weighted by Crippen LogP contribution is -2.46. The molecule has 17 heavy (non-hydrogen) atoms. The molecule has 0 spiro atoms. The fourth-order valence-electron chi connectivity index (χ4n) is 1.94. The maximum absolute atomic E-state index is 12.1. The molecule has 100 valence electrons. The van der Waals surface area contributed by atoms with Crippen LogP contribution in [-0.4, -0.2) is 49.8 Å². The van der Waals surface area contributed by atoms with E-state index in [1.165, 1.54) is 4.31 Å². The number of hydrogen-bond donors (Lipinski definition) is 1. The fraction of sp³-hybridized carbons (Fsp3) is 0.900. The highest BCUT2D eigenvalue weighted by atomic mass is 32.2. The number of rotatable bonds is 5. The highest BCUT2D eigenvalue weighted by molar-refractivity contribution is 7.92. The molecule has 1 aliphatic rings. The van der Waals surface area contributed by atoms with Crippen LogP contribution in [0.25, 0.3) is 0 Å². The number of piperidine rings is 1. The van der Waals surface area contributed by atoms with Crippen LogP contribution in [0.5, 0.6) is 0 Å². The summed E-state index contributed by atoms with van der Waals surface area (Å²) in [4.78, 5) is 0.0315. The largest absolute Gasteiger partial charge is 0.392 e. The van der Waals surface area contributed by atoms with Crippen molar-refractivity contribution in [1.82, 2.24) is 4.31 Å². The van der Waals surface area contributed by atoms with Crippen molar-refractivity contribution in [3.63, 3.8) is 0 Å². The minimum atomic E-state index is -3.37. The Morgan fingerprint density at radius 2 is 2.06 bits per heavy atom. The third kappa shape index (κ3) is 3.61. The van der Waals surface area contributed by atoms with Crippen molar-refractivity contribution in [2.45, 2.75) is 25.0 Å². The van der Waals surface area contributed by atoms with Crippen LogP contribution in [-0.2, 0) is 14.8 Å². The molecule has 0 aromatic heterocycles. The summed E-state index contributed by atoms with van der Waals surface area (Å²) in [6.45, 7) is 3.30. The first kappa shape index (κ1) is 14.8. The molecule has 5 nitrogen and oxygen atoms in total. The van der Waals surface area contributed by atoms with Crippen LogP contribution in [0.2, 0.25) is 0 Å². The Hall–Kier alpha value is -0.240. The first-order chi connectivity index (χ1) is 7.89. The standard InChI is InChI=1S/C10H20N2O3S2/c1-8(10(11)16)17(13,14)12-5-3-9(4-6-12)7-15-2/h8-9H,3-7H2,1-2H3,(H2,11,16). The predicted octanol–water partition coefficient (Wildman–Crippen LogP) is 0.349. The van der Waals surface area contributed by atoms with Gasteiger partial charge in [0.25, 0.3) is 0 Å². The number of hydrogen-bond acceptors (Lipinski definition) is 4. The van der Waals surface area contributed by atoms with Crippen LogP contribution in [0.1, 0.15) is 19.8 Å². The van der Waals surface area contributed by atoms with Gasteiger partial charge in [-0.25, -0.2) is 12.7 Å². The van der Waals surface area contributed by atoms with Crippen LogP contribution in [0.15, 0.2) is 0 Å². The van der Waals surface area contributed by atoms with E-state index in [1.807, 2.05) is 0 Å². The number of methoxy groups -OCH3 is 1. The van der Waals surface area contributed by atoms with E-state index in [1.54, 1.807) is 14.0 Å². The van der Waals surface area contributed by atoms with E-state index < -0.39 is 15.3 Å². The van der Waals surface area contributed by atoms with Gasteiger partial charge in [-0.05, 0) is 25.7 Å². The molecule has 0 bridgehead atoms. The van der Waals surface area contributed by atoms with E-state index in [0.29, 0.717) is 25.6 Å². The molecule has 1 aliphatic heterocycles. The summed E-state index contributed by atoms with van der Waals surface area (Å²) in [5.74, 6) is 0.451. The summed E-state index contributed by atoms with van der Waals surface area (Å²) < 4.78 is 30.8. The van der Waals surface area contributed by atoms with Gasteiger partial charge in [0.2, 0.25) is 10.0 Å². The monoisotopic (exact) mass is 280 g/mol. The van der Waals surface area contributed by atoms with Crippen molar-refractivity contribution in [3.8, 4) is 0 Å². The van der Waals surface area contributed by atoms with Gasteiger partial charge in [-0.2, -0.15) is 0 Å². The Morgan fingerprint density at radius 1 is 1.53 bits per heavy atom. The van der Waals surface area contributed by atoms with Gasteiger partial charge in [0.15, 0.2) is 0 Å². The zero-order valence-corrected chi connectivity index (χ0v) is 11.9. The van der Waals surface area contributed by atoms with Gasteiger partial charge in [-0.1, -0.05) is 12.2 Å². The molecule has 1 fully saturated rings. The predicted molar refractivity (Wildman–Crippen MR) is 71.3 cm³/mol. The van der Waals surface area contributed by atoms with E-state index >= 15 is 0 Å². The van der Waals surface area contributed by atoms with Crippen LogP contribution >= 0.6 is 12.2 Å². The van der Waals surface area contributed by atoms with Crippen molar-refractivity contribution in [2.24, 2.45) is 11.7 Å². The smallest absolute Gasteiger partial charge is 0.223 e. The highest BCUT2D eigenvalue weighted by Crippen LogP contribution is 2.21. The summed E-state index contributed by atoms with van der Waals surface area (Å²) in [5.41, 5.74) is 5.41. The summed E-state index contributed by atoms with van der Waals surface area (Å²) >= 11 is 4.75. The molecule has 1 saturated heterocycles. The highest BCUT2D eigenvalue weighted by Gasteiger charge is 2.33. The molecule has 1 heterocycles. The number of thiocarbonyl (C=S) groups is 1. The van der Waals surface area contributed by atoms with E-state index in [0.717, 1.165) is 12.8 Å². The van der Waals surface area contributed by atoms with Crippen LogP contribution in [0.4, 0.5) is 0 Å². The molecule has 0 aromatic carbocycles. The summed E-state index contributed by atoms with van der Waals surface area (Å²) in [6, 6.07) is 0. The number of sulfonamides is 1. The minimum absolute atomic E-state index is 0.0315. The van der Waals surface area contributed by atoms with E-state index in [2.05, 4.69) is 0 Å². The maximum Gasteiger partial charge on any atom is 0.223 e. The molecule has 0 aliphatic carbocycles. The van der Waals surface area contributed by atoms with Gasteiger partial charge in [0.05, 0.1) is 4.99 Å². The van der Waals surface area contributed by atoms with Gasteiger partial charge in [0.1, 0.15) is 5.25 Å². The zero-order chi connectivity index (χ0) is 13.1. The van der Waals surface area contributed by atoms with E-state index in [4.69, 9.17) is 22.7 Å². The molecule has 1 atom stereocenters. The quantitative estimate of drug-likeness (QED) is 0.736. The van der Waals surface area contributed by atoms with Gasteiger partial charge in [-0.15, -0.1) is 0 Å². The molecule has 0 saturated carbocycles. The lowest BCUT2D eigenvalue weighted by Gasteiger charge is -2.32. The third-order valence-corrected chi connectivity index (χ3v) is 5.92. The molecule has 2 N–H and O–H groups in total. The third-order valence-electron chi connectivity index (χ3n) is 3.18. The molecule has 1 rings (SSSR count). The first-order valence-corrected chi connectivity index (χ1v) is 7.58. The number of nitrogens with zero attached hydrogens (tertiary/aromatic N) is 1. The lowest BCUT2D eigenvalue weighted by molar-refractivity contribution is 0.121. The van der Waals surface area contributed by atoms with Gasteiger partial charge >= 0.3 is 0 Å². The first-order valence-electron chi connectivity index (χ1n) is 5.66. The number of ether oxygens (including phenoxy) is 1. The van der Waals surface area contributed by atoms with Gasteiger partial charge in [0, 0.05) is 26.8 Å². The Morgan fingerprint density at radius 3 is 2.47 bits per heavy atom. The Bertz CT molecular complexity index is 362. The SMILES string of the molecule is COCC1CCN(S(=O)(=O)C(C)C(N)=S)CC1. The average Bonchev–Trinajstić information content (AvgIpc) is 2.29. The summed E-state index contributed by atoms with van der Waals surface area (Å²) in [7, 11) is -1.71. The normalized spacial score (nSPS) is 21.3. The molecular formula is C10H20N2O3S2. The minimum Gasteiger partial charge on any atom is -0.392 e. The topological polar surface area (TPSA) is 72.6 Å². The average molecular weight is 280 g/mol. The Labute approximate surface area is 108 Å². The maximum atomic E-state index is 12.1. The molecule has 0 radical (unpaired) electrons. The van der Waals surface area contributed by atoms with Crippen molar-refractivity contribution < 1.29 is 13.2 Å². The lowest BCUT2D eigenvalue weighted by atomic mass is 9.99. The molecule has 1 unspecified atom stereocenters. The van der Waals surface area contributed by atoms with Gasteiger partial charge < -0.3 is 10.5 Å². The van der Waals surface area contributed by atoms with Crippen molar-refractivity contribution in [3.05, 3.63) is 0 Å². The molecular weight excluding hydrogens is 260 g/mol. The second kappa shape index (κ2) is 6.08. The second-order valence-electron chi connectivity index (χ2n) is 4.39.